The minimum atomic E-state index is 0.307. The molecule has 86 valence electrons. The summed E-state index contributed by atoms with van der Waals surface area (Å²) in [5.41, 5.74) is 7.72. The third-order valence-electron chi connectivity index (χ3n) is 2.86. The lowest BCUT2D eigenvalue weighted by molar-refractivity contribution is 0.639. The van der Waals surface area contributed by atoms with Crippen LogP contribution in [0.15, 0.2) is 18.5 Å². The van der Waals surface area contributed by atoms with Crippen LogP contribution in [0.1, 0.15) is 25.1 Å². The summed E-state index contributed by atoms with van der Waals surface area (Å²) in [6, 6.07) is 1.96. The van der Waals surface area contributed by atoms with E-state index in [9.17, 15) is 0 Å². The normalized spacial score (nSPS) is 12.9. The number of rotatable bonds is 4. The van der Waals surface area contributed by atoms with Crippen LogP contribution in [0.3, 0.4) is 0 Å². The van der Waals surface area contributed by atoms with Gasteiger partial charge in [0.25, 0.3) is 0 Å². The van der Waals surface area contributed by atoms with Crippen LogP contribution in [-0.2, 0) is 7.05 Å². The molecule has 0 aliphatic rings. The van der Waals surface area contributed by atoms with E-state index in [0.717, 1.165) is 23.6 Å². The Bertz CT molecular complexity index is 452. The number of nitrogens with two attached hydrogens (primary N) is 1. The van der Waals surface area contributed by atoms with Gasteiger partial charge >= 0.3 is 0 Å². The van der Waals surface area contributed by atoms with Crippen molar-refractivity contribution in [1.29, 1.82) is 0 Å². The van der Waals surface area contributed by atoms with Gasteiger partial charge in [-0.05, 0) is 12.5 Å². The molecule has 0 spiro atoms. The Labute approximate surface area is 94.7 Å². The number of H-pyrrole nitrogens is 1. The molecule has 5 nitrogen and oxygen atoms in total. The van der Waals surface area contributed by atoms with Gasteiger partial charge in [0.1, 0.15) is 5.82 Å². The van der Waals surface area contributed by atoms with Crippen molar-refractivity contribution in [1.82, 2.24) is 19.7 Å². The molecule has 3 N–H and O–H groups in total. The molecule has 0 radical (unpaired) electrons. The molecule has 2 aromatic rings. The zero-order valence-electron chi connectivity index (χ0n) is 9.64. The Morgan fingerprint density at radius 2 is 2.38 bits per heavy atom. The van der Waals surface area contributed by atoms with Crippen molar-refractivity contribution in [2.45, 2.75) is 19.3 Å². The molecule has 5 heteroatoms. The predicted molar refractivity (Wildman–Crippen MR) is 62.9 cm³/mol. The lowest BCUT2D eigenvalue weighted by atomic mass is 10.1. The summed E-state index contributed by atoms with van der Waals surface area (Å²) in [5, 5.41) is 4.13. The highest BCUT2D eigenvalue weighted by atomic mass is 15.3. The highest BCUT2D eigenvalue weighted by Gasteiger charge is 2.13. The first kappa shape index (κ1) is 10.9. The van der Waals surface area contributed by atoms with Crippen molar-refractivity contribution in [2.24, 2.45) is 12.8 Å². The van der Waals surface area contributed by atoms with E-state index in [1.165, 1.54) is 0 Å². The Morgan fingerprint density at radius 3 is 2.94 bits per heavy atom. The van der Waals surface area contributed by atoms with Crippen molar-refractivity contribution >= 4 is 0 Å². The Balaban J connectivity index is 2.29. The maximum Gasteiger partial charge on any atom is 0.110 e. The van der Waals surface area contributed by atoms with Gasteiger partial charge in [-0.15, -0.1) is 0 Å². The number of hydrogen-bond acceptors (Lipinski definition) is 3. The van der Waals surface area contributed by atoms with Crippen molar-refractivity contribution < 1.29 is 0 Å². The van der Waals surface area contributed by atoms with E-state index in [4.69, 9.17) is 5.73 Å². The molecular formula is C11H17N5. The van der Waals surface area contributed by atoms with Crippen molar-refractivity contribution in [2.75, 3.05) is 6.54 Å². The zero-order chi connectivity index (χ0) is 11.5. The first-order valence-corrected chi connectivity index (χ1v) is 5.49. The number of nitrogens with zero attached hydrogens (tertiary/aromatic N) is 3. The molecule has 2 aromatic heterocycles. The number of aromatic nitrogens is 4. The van der Waals surface area contributed by atoms with Crippen LogP contribution in [-0.4, -0.2) is 26.3 Å². The average Bonchev–Trinajstić information content (AvgIpc) is 2.89. The lowest BCUT2D eigenvalue weighted by Gasteiger charge is -2.07. The molecular weight excluding hydrogens is 202 g/mol. The largest absolute Gasteiger partial charge is 0.340 e. The van der Waals surface area contributed by atoms with Gasteiger partial charge in [-0.25, -0.2) is 4.98 Å². The van der Waals surface area contributed by atoms with Crippen LogP contribution < -0.4 is 5.73 Å². The van der Waals surface area contributed by atoms with E-state index in [0.29, 0.717) is 12.5 Å². The van der Waals surface area contributed by atoms with Crippen LogP contribution in [0.4, 0.5) is 0 Å². The highest BCUT2D eigenvalue weighted by Crippen LogP contribution is 2.20. The van der Waals surface area contributed by atoms with Crippen LogP contribution in [0.25, 0.3) is 11.4 Å². The molecule has 0 aromatic carbocycles. The maximum absolute atomic E-state index is 5.70. The quantitative estimate of drug-likeness (QED) is 0.813. The standard InChI is InChI=1S/C11H17N5/c1-3-8(6-12)11-13-7-9(15-11)10-4-5-14-16(10)2/h4-5,7-8H,3,6,12H2,1-2H3,(H,13,15). The number of aromatic amines is 1. The Morgan fingerprint density at radius 1 is 1.56 bits per heavy atom. The molecule has 2 heterocycles. The summed E-state index contributed by atoms with van der Waals surface area (Å²) < 4.78 is 1.82. The fourth-order valence-corrected chi connectivity index (χ4v) is 1.78. The van der Waals surface area contributed by atoms with E-state index in [1.54, 1.807) is 6.20 Å². The second-order valence-electron chi connectivity index (χ2n) is 3.86. The van der Waals surface area contributed by atoms with Gasteiger partial charge in [0.05, 0.1) is 17.6 Å². The molecule has 0 aliphatic carbocycles. The second-order valence-corrected chi connectivity index (χ2v) is 3.86. The van der Waals surface area contributed by atoms with E-state index in [2.05, 4.69) is 22.0 Å². The van der Waals surface area contributed by atoms with Gasteiger partial charge in [-0.3, -0.25) is 4.68 Å². The highest BCUT2D eigenvalue weighted by molar-refractivity contribution is 5.53. The molecule has 16 heavy (non-hydrogen) atoms. The van der Waals surface area contributed by atoms with Gasteiger partial charge in [0, 0.05) is 25.7 Å². The van der Waals surface area contributed by atoms with Crippen LogP contribution in [0.2, 0.25) is 0 Å². The van der Waals surface area contributed by atoms with Crippen LogP contribution in [0.5, 0.6) is 0 Å². The van der Waals surface area contributed by atoms with Gasteiger partial charge in [0.2, 0.25) is 0 Å². The molecule has 2 rings (SSSR count). The monoisotopic (exact) mass is 219 g/mol. The van der Waals surface area contributed by atoms with E-state index < -0.39 is 0 Å². The Hall–Kier alpha value is -1.62. The number of imidazole rings is 1. The summed E-state index contributed by atoms with van der Waals surface area (Å²) in [4.78, 5) is 7.68. The van der Waals surface area contributed by atoms with E-state index >= 15 is 0 Å². The summed E-state index contributed by atoms with van der Waals surface area (Å²) in [6.45, 7) is 2.73. The minimum Gasteiger partial charge on any atom is -0.340 e. The number of hydrogen-bond donors (Lipinski definition) is 2. The van der Waals surface area contributed by atoms with Crippen LogP contribution >= 0.6 is 0 Å². The second kappa shape index (κ2) is 4.49. The van der Waals surface area contributed by atoms with Gasteiger partial charge in [-0.2, -0.15) is 5.10 Å². The molecule has 1 unspecified atom stereocenters. The van der Waals surface area contributed by atoms with Gasteiger partial charge < -0.3 is 10.7 Å². The third-order valence-corrected chi connectivity index (χ3v) is 2.86. The van der Waals surface area contributed by atoms with Crippen molar-refractivity contribution in [3.63, 3.8) is 0 Å². The van der Waals surface area contributed by atoms with Gasteiger partial charge in [0.15, 0.2) is 0 Å². The van der Waals surface area contributed by atoms with Crippen LogP contribution in [0, 0.1) is 0 Å². The first-order valence-electron chi connectivity index (χ1n) is 5.49. The molecule has 0 amide bonds. The molecule has 1 atom stereocenters. The zero-order valence-corrected chi connectivity index (χ0v) is 9.64. The SMILES string of the molecule is CCC(CN)c1ncc(-c2ccnn2C)[nH]1. The summed E-state index contributed by atoms with van der Waals surface area (Å²) >= 11 is 0. The fourth-order valence-electron chi connectivity index (χ4n) is 1.78. The molecule has 0 bridgehead atoms. The molecule has 0 saturated heterocycles. The van der Waals surface area contributed by atoms with E-state index in [1.807, 2.05) is 24.0 Å². The maximum atomic E-state index is 5.70. The number of nitrogens with one attached hydrogen (secondary N) is 1. The molecule has 0 saturated carbocycles. The fraction of sp³-hybridized carbons (Fsp3) is 0.455. The summed E-state index contributed by atoms with van der Waals surface area (Å²) in [7, 11) is 1.91. The summed E-state index contributed by atoms with van der Waals surface area (Å²) in [5.74, 6) is 1.27. The first-order chi connectivity index (χ1) is 7.76. The van der Waals surface area contributed by atoms with Crippen molar-refractivity contribution in [3.8, 4) is 11.4 Å². The lowest BCUT2D eigenvalue weighted by Crippen LogP contribution is -2.12. The third kappa shape index (κ3) is 1.86. The molecule has 0 fully saturated rings. The Kier molecular flexibility index (Phi) is 3.05. The van der Waals surface area contributed by atoms with Crippen molar-refractivity contribution in [3.05, 3.63) is 24.3 Å². The smallest absolute Gasteiger partial charge is 0.110 e. The predicted octanol–water partition coefficient (Wildman–Crippen LogP) is 1.26. The number of aryl methyl sites for hydroxylation is 1. The minimum absolute atomic E-state index is 0.307. The average molecular weight is 219 g/mol. The van der Waals surface area contributed by atoms with E-state index in [-0.39, 0.29) is 0 Å². The topological polar surface area (TPSA) is 72.5 Å². The van der Waals surface area contributed by atoms with Gasteiger partial charge in [-0.1, -0.05) is 6.92 Å². The molecule has 0 aliphatic heterocycles. The summed E-state index contributed by atoms with van der Waals surface area (Å²) in [6.07, 6.45) is 4.61.